The Morgan fingerprint density at radius 1 is 0.909 bits per heavy atom. The van der Waals surface area contributed by atoms with Crippen LogP contribution >= 0.6 is 11.6 Å². The van der Waals surface area contributed by atoms with E-state index < -0.39 is 0 Å². The quantitative estimate of drug-likeness (QED) is 0.670. The minimum atomic E-state index is 0.375. The highest BCUT2D eigenvalue weighted by Crippen LogP contribution is 2.32. The Morgan fingerprint density at radius 3 is 2.23 bits per heavy atom. The molecule has 0 aliphatic rings. The average Bonchev–Trinajstić information content (AvgIpc) is 2.57. The molecule has 4 nitrogen and oxygen atoms in total. The summed E-state index contributed by atoms with van der Waals surface area (Å²) >= 11 is 5.99. The lowest BCUT2D eigenvalue weighted by atomic mass is 10.2. The monoisotopic (exact) mass is 306 g/mol. The molecule has 0 N–H and O–H groups in total. The van der Waals surface area contributed by atoms with Crippen molar-refractivity contribution in [2.45, 2.75) is 0 Å². The molecule has 0 saturated heterocycles. The standard InChI is InChI=1S/C17H11ClN4/c18-16-10-11-20-17(21-16)22(14-4-2-1-3-5-14)15-8-6-13(12-19)7-9-15/h1-11H. The Bertz CT molecular complexity index is 810. The summed E-state index contributed by atoms with van der Waals surface area (Å²) in [6.07, 6.45) is 1.62. The predicted octanol–water partition coefficient (Wildman–Crippen LogP) is 4.47. The summed E-state index contributed by atoms with van der Waals surface area (Å²) in [4.78, 5) is 10.5. The second kappa shape index (κ2) is 6.25. The molecule has 0 aliphatic heterocycles. The van der Waals surface area contributed by atoms with E-state index in [1.807, 2.05) is 47.4 Å². The SMILES string of the molecule is N#Cc1ccc(N(c2ccccc2)c2nccc(Cl)n2)cc1. The normalized spacial score (nSPS) is 10.0. The van der Waals surface area contributed by atoms with Crippen molar-refractivity contribution in [1.29, 1.82) is 5.26 Å². The molecule has 0 radical (unpaired) electrons. The minimum absolute atomic E-state index is 0.375. The molecule has 0 aliphatic carbocycles. The number of halogens is 1. The summed E-state index contributed by atoms with van der Waals surface area (Å²) in [6, 6.07) is 20.7. The first kappa shape index (κ1) is 14.1. The van der Waals surface area contributed by atoms with E-state index in [0.29, 0.717) is 16.7 Å². The lowest BCUT2D eigenvalue weighted by Crippen LogP contribution is -2.13. The predicted molar refractivity (Wildman–Crippen MR) is 86.4 cm³/mol. The molecule has 3 aromatic rings. The number of benzene rings is 2. The van der Waals surface area contributed by atoms with Crippen molar-refractivity contribution >= 4 is 28.9 Å². The number of para-hydroxylation sites is 1. The molecule has 0 spiro atoms. The second-order valence-corrected chi connectivity index (χ2v) is 4.90. The van der Waals surface area contributed by atoms with Crippen molar-refractivity contribution < 1.29 is 0 Å². The zero-order chi connectivity index (χ0) is 15.4. The van der Waals surface area contributed by atoms with E-state index >= 15 is 0 Å². The van der Waals surface area contributed by atoms with E-state index in [0.717, 1.165) is 11.4 Å². The van der Waals surface area contributed by atoms with Crippen LogP contribution in [0.4, 0.5) is 17.3 Å². The lowest BCUT2D eigenvalue weighted by molar-refractivity contribution is 1.08. The molecule has 2 aromatic carbocycles. The van der Waals surface area contributed by atoms with Gasteiger partial charge >= 0.3 is 0 Å². The van der Waals surface area contributed by atoms with E-state index in [1.165, 1.54) is 0 Å². The Balaban J connectivity index is 2.12. The van der Waals surface area contributed by atoms with Crippen LogP contribution in [-0.4, -0.2) is 9.97 Å². The molecule has 0 amide bonds. The Hall–Kier alpha value is -2.90. The van der Waals surface area contributed by atoms with Crippen LogP contribution in [0.2, 0.25) is 5.15 Å². The first-order valence-electron chi connectivity index (χ1n) is 6.62. The molecule has 0 bridgehead atoms. The Morgan fingerprint density at radius 2 is 1.59 bits per heavy atom. The molecule has 1 heterocycles. The number of aromatic nitrogens is 2. The van der Waals surface area contributed by atoms with Crippen molar-refractivity contribution in [3.8, 4) is 6.07 Å². The number of hydrogen-bond donors (Lipinski definition) is 0. The van der Waals surface area contributed by atoms with Crippen LogP contribution in [0.3, 0.4) is 0 Å². The molecule has 22 heavy (non-hydrogen) atoms. The number of rotatable bonds is 3. The zero-order valence-corrected chi connectivity index (χ0v) is 12.3. The molecule has 3 rings (SSSR count). The average molecular weight is 307 g/mol. The lowest BCUT2D eigenvalue weighted by Gasteiger charge is -2.22. The van der Waals surface area contributed by atoms with E-state index in [-0.39, 0.29) is 0 Å². The molecule has 0 saturated carbocycles. The van der Waals surface area contributed by atoms with Gasteiger partial charge in [-0.3, -0.25) is 4.90 Å². The van der Waals surface area contributed by atoms with Gasteiger partial charge in [0.15, 0.2) is 0 Å². The molecule has 0 unspecified atom stereocenters. The van der Waals surface area contributed by atoms with Crippen molar-refractivity contribution in [2.75, 3.05) is 4.90 Å². The topological polar surface area (TPSA) is 52.8 Å². The van der Waals surface area contributed by atoms with Gasteiger partial charge in [-0.05, 0) is 42.5 Å². The van der Waals surface area contributed by atoms with Crippen LogP contribution in [0.25, 0.3) is 0 Å². The zero-order valence-electron chi connectivity index (χ0n) is 11.5. The van der Waals surface area contributed by atoms with Crippen LogP contribution in [0.15, 0.2) is 66.9 Å². The van der Waals surface area contributed by atoms with Crippen molar-refractivity contribution in [2.24, 2.45) is 0 Å². The van der Waals surface area contributed by atoms with E-state index in [4.69, 9.17) is 16.9 Å². The fourth-order valence-corrected chi connectivity index (χ4v) is 2.21. The molecule has 0 atom stereocenters. The summed E-state index contributed by atoms with van der Waals surface area (Å²) in [6.45, 7) is 0. The van der Waals surface area contributed by atoms with Gasteiger partial charge in [0, 0.05) is 17.6 Å². The molecule has 106 valence electrons. The number of hydrogen-bond acceptors (Lipinski definition) is 4. The summed E-state index contributed by atoms with van der Waals surface area (Å²) in [5.74, 6) is 0.475. The molecular formula is C17H11ClN4. The minimum Gasteiger partial charge on any atom is -0.279 e. The van der Waals surface area contributed by atoms with Crippen LogP contribution in [0.5, 0.6) is 0 Å². The molecule has 5 heteroatoms. The largest absolute Gasteiger partial charge is 0.279 e. The van der Waals surface area contributed by atoms with Crippen LogP contribution < -0.4 is 4.90 Å². The number of nitrogens with zero attached hydrogens (tertiary/aromatic N) is 4. The molecule has 0 fully saturated rings. The van der Waals surface area contributed by atoms with E-state index in [2.05, 4.69) is 16.0 Å². The van der Waals surface area contributed by atoms with Gasteiger partial charge in [0.25, 0.3) is 0 Å². The Labute approximate surface area is 133 Å². The third kappa shape index (κ3) is 2.90. The van der Waals surface area contributed by atoms with Gasteiger partial charge in [-0.1, -0.05) is 29.8 Å². The summed E-state index contributed by atoms with van der Waals surface area (Å²) in [5.41, 5.74) is 2.37. The van der Waals surface area contributed by atoms with Gasteiger partial charge in [0.2, 0.25) is 5.95 Å². The summed E-state index contributed by atoms with van der Waals surface area (Å²) < 4.78 is 0. The molecule has 1 aromatic heterocycles. The molecular weight excluding hydrogens is 296 g/mol. The highest BCUT2D eigenvalue weighted by molar-refractivity contribution is 6.29. The van der Waals surface area contributed by atoms with Crippen molar-refractivity contribution in [3.63, 3.8) is 0 Å². The first-order chi connectivity index (χ1) is 10.8. The maximum atomic E-state index is 8.93. The van der Waals surface area contributed by atoms with Gasteiger partial charge in [0.1, 0.15) is 5.15 Å². The third-order valence-corrected chi connectivity index (χ3v) is 3.29. The van der Waals surface area contributed by atoms with Crippen molar-refractivity contribution in [3.05, 3.63) is 77.6 Å². The van der Waals surface area contributed by atoms with Crippen LogP contribution in [-0.2, 0) is 0 Å². The van der Waals surface area contributed by atoms with Gasteiger partial charge in [-0.2, -0.15) is 5.26 Å². The van der Waals surface area contributed by atoms with Gasteiger partial charge < -0.3 is 0 Å². The van der Waals surface area contributed by atoms with E-state index in [9.17, 15) is 0 Å². The Kier molecular flexibility index (Phi) is 3.99. The fraction of sp³-hybridized carbons (Fsp3) is 0. The summed E-state index contributed by atoms with van der Waals surface area (Å²) in [7, 11) is 0. The first-order valence-corrected chi connectivity index (χ1v) is 6.99. The maximum absolute atomic E-state index is 8.93. The highest BCUT2D eigenvalue weighted by Gasteiger charge is 2.14. The van der Waals surface area contributed by atoms with E-state index in [1.54, 1.807) is 24.4 Å². The fourth-order valence-electron chi connectivity index (χ4n) is 2.08. The number of anilines is 3. The van der Waals surface area contributed by atoms with Crippen LogP contribution in [0.1, 0.15) is 5.56 Å². The maximum Gasteiger partial charge on any atom is 0.235 e. The second-order valence-electron chi connectivity index (χ2n) is 4.51. The van der Waals surface area contributed by atoms with Gasteiger partial charge in [0.05, 0.1) is 11.6 Å². The van der Waals surface area contributed by atoms with Crippen LogP contribution in [0, 0.1) is 11.3 Å². The van der Waals surface area contributed by atoms with Gasteiger partial charge in [-0.15, -0.1) is 0 Å². The van der Waals surface area contributed by atoms with Crippen molar-refractivity contribution in [1.82, 2.24) is 9.97 Å². The number of nitriles is 1. The highest BCUT2D eigenvalue weighted by atomic mass is 35.5. The summed E-state index contributed by atoms with van der Waals surface area (Å²) in [5, 5.41) is 9.31. The third-order valence-electron chi connectivity index (χ3n) is 3.08. The van der Waals surface area contributed by atoms with Gasteiger partial charge in [-0.25, -0.2) is 9.97 Å². The smallest absolute Gasteiger partial charge is 0.235 e.